The summed E-state index contributed by atoms with van der Waals surface area (Å²) in [6.07, 6.45) is 3.78. The van der Waals surface area contributed by atoms with Crippen LogP contribution in [0, 0.1) is 5.92 Å². The largest absolute Gasteiger partial charge is 0.332 e. The zero-order chi connectivity index (χ0) is 13.9. The standard InChI is InChI=1S/C13H11BrN4OS/c1-18-5-15-9-7(14)4-8-11(10(9)18)20-13(16-8)17-12(19)6-2-3-6/h4-6H,2-3H2,1H3,(H,16,17,19). The molecule has 102 valence electrons. The summed E-state index contributed by atoms with van der Waals surface area (Å²) >= 11 is 5.03. The highest BCUT2D eigenvalue weighted by Crippen LogP contribution is 2.37. The van der Waals surface area contributed by atoms with Crippen LogP contribution in [0.5, 0.6) is 0 Å². The Hall–Kier alpha value is -1.47. The van der Waals surface area contributed by atoms with Crippen molar-refractivity contribution in [3.63, 3.8) is 0 Å². The number of carbonyl (C=O) groups excluding carboxylic acids is 1. The average Bonchev–Trinajstić information content (AvgIpc) is 3.08. The Morgan fingerprint density at radius 1 is 1.55 bits per heavy atom. The SMILES string of the molecule is Cn1cnc2c(Br)cc3nc(NC(=O)C4CC4)sc3c21. The molecule has 1 aliphatic rings. The van der Waals surface area contributed by atoms with Crippen LogP contribution in [-0.4, -0.2) is 20.4 Å². The maximum atomic E-state index is 11.8. The first-order valence-corrected chi connectivity index (χ1v) is 7.95. The lowest BCUT2D eigenvalue weighted by Crippen LogP contribution is -2.12. The van der Waals surface area contributed by atoms with Gasteiger partial charge in [0.05, 0.1) is 22.1 Å². The van der Waals surface area contributed by atoms with Crippen molar-refractivity contribution in [2.45, 2.75) is 12.8 Å². The quantitative estimate of drug-likeness (QED) is 0.771. The van der Waals surface area contributed by atoms with Crippen LogP contribution >= 0.6 is 27.3 Å². The molecule has 0 spiro atoms. The van der Waals surface area contributed by atoms with Gasteiger partial charge in [-0.1, -0.05) is 11.3 Å². The molecule has 1 aromatic carbocycles. The smallest absolute Gasteiger partial charge is 0.229 e. The van der Waals surface area contributed by atoms with Gasteiger partial charge in [-0.25, -0.2) is 9.97 Å². The fraction of sp³-hybridized carbons (Fsp3) is 0.308. The maximum Gasteiger partial charge on any atom is 0.229 e. The lowest BCUT2D eigenvalue weighted by atomic mass is 10.3. The Morgan fingerprint density at radius 2 is 2.35 bits per heavy atom. The summed E-state index contributed by atoms with van der Waals surface area (Å²) in [7, 11) is 1.96. The summed E-state index contributed by atoms with van der Waals surface area (Å²) in [5.41, 5.74) is 2.84. The molecule has 4 rings (SSSR count). The van der Waals surface area contributed by atoms with Gasteiger partial charge in [0.15, 0.2) is 5.13 Å². The molecule has 7 heteroatoms. The molecule has 0 bridgehead atoms. The Kier molecular flexibility index (Phi) is 2.62. The third-order valence-corrected chi connectivity index (χ3v) is 5.07. The van der Waals surface area contributed by atoms with Crippen molar-refractivity contribution in [3.05, 3.63) is 16.9 Å². The molecule has 1 fully saturated rings. The molecule has 2 aromatic heterocycles. The van der Waals surface area contributed by atoms with Gasteiger partial charge in [-0.3, -0.25) is 4.79 Å². The molecule has 0 radical (unpaired) electrons. The van der Waals surface area contributed by atoms with E-state index in [1.807, 2.05) is 17.7 Å². The van der Waals surface area contributed by atoms with E-state index in [4.69, 9.17) is 0 Å². The lowest BCUT2D eigenvalue weighted by molar-refractivity contribution is -0.117. The van der Waals surface area contributed by atoms with Gasteiger partial charge in [0.1, 0.15) is 5.52 Å². The fourth-order valence-corrected chi connectivity index (χ4v) is 3.81. The molecule has 1 aliphatic carbocycles. The van der Waals surface area contributed by atoms with E-state index in [1.165, 1.54) is 11.3 Å². The van der Waals surface area contributed by atoms with Crippen LogP contribution < -0.4 is 5.32 Å². The van der Waals surface area contributed by atoms with E-state index >= 15 is 0 Å². The van der Waals surface area contributed by atoms with Crippen molar-refractivity contribution >= 4 is 59.6 Å². The third-order valence-electron chi connectivity index (χ3n) is 3.47. The highest BCUT2D eigenvalue weighted by atomic mass is 79.9. The molecule has 0 saturated heterocycles. The molecule has 5 nitrogen and oxygen atoms in total. The predicted octanol–water partition coefficient (Wildman–Crippen LogP) is 3.29. The number of nitrogens with one attached hydrogen (secondary N) is 1. The molecule has 1 saturated carbocycles. The minimum atomic E-state index is 0.0874. The minimum absolute atomic E-state index is 0.0874. The van der Waals surface area contributed by atoms with Crippen LogP contribution in [0.1, 0.15) is 12.8 Å². The van der Waals surface area contributed by atoms with Crippen LogP contribution in [-0.2, 0) is 11.8 Å². The molecule has 0 atom stereocenters. The topological polar surface area (TPSA) is 59.8 Å². The number of hydrogen-bond acceptors (Lipinski definition) is 4. The van der Waals surface area contributed by atoms with Crippen LogP contribution in [0.4, 0.5) is 5.13 Å². The van der Waals surface area contributed by atoms with Gasteiger partial charge in [-0.15, -0.1) is 0 Å². The first-order chi connectivity index (χ1) is 9.63. The number of imidazole rings is 1. The molecule has 1 amide bonds. The van der Waals surface area contributed by atoms with Gasteiger partial charge in [-0.2, -0.15) is 0 Å². The number of aromatic nitrogens is 3. The van der Waals surface area contributed by atoms with Gasteiger partial charge in [-0.05, 0) is 34.8 Å². The molecule has 0 aliphatic heterocycles. The fourth-order valence-electron chi connectivity index (χ4n) is 2.27. The summed E-state index contributed by atoms with van der Waals surface area (Å²) in [5, 5.41) is 3.58. The van der Waals surface area contributed by atoms with Crippen LogP contribution in [0.3, 0.4) is 0 Å². The number of hydrogen-bond donors (Lipinski definition) is 1. The Morgan fingerprint density at radius 3 is 3.10 bits per heavy atom. The highest BCUT2D eigenvalue weighted by molar-refractivity contribution is 9.10. The molecular formula is C13H11BrN4OS. The Bertz CT molecular complexity index is 849. The number of rotatable bonds is 2. The van der Waals surface area contributed by atoms with E-state index in [0.29, 0.717) is 5.13 Å². The van der Waals surface area contributed by atoms with Crippen molar-refractivity contribution in [1.29, 1.82) is 0 Å². The van der Waals surface area contributed by atoms with Crippen LogP contribution in [0.25, 0.3) is 21.3 Å². The van der Waals surface area contributed by atoms with Crippen molar-refractivity contribution < 1.29 is 4.79 Å². The van der Waals surface area contributed by atoms with Gasteiger partial charge < -0.3 is 9.88 Å². The Labute approximate surface area is 127 Å². The third kappa shape index (κ3) is 1.84. The summed E-state index contributed by atoms with van der Waals surface area (Å²) in [6.45, 7) is 0. The summed E-state index contributed by atoms with van der Waals surface area (Å²) < 4.78 is 3.95. The lowest BCUT2D eigenvalue weighted by Gasteiger charge is -1.97. The van der Waals surface area contributed by atoms with E-state index in [2.05, 4.69) is 31.2 Å². The summed E-state index contributed by atoms with van der Waals surface area (Å²) in [5.74, 6) is 0.273. The second-order valence-corrected chi connectivity index (χ2v) is 6.90. The van der Waals surface area contributed by atoms with E-state index in [0.717, 1.165) is 38.6 Å². The first-order valence-electron chi connectivity index (χ1n) is 6.34. The van der Waals surface area contributed by atoms with E-state index in [1.54, 1.807) is 6.33 Å². The van der Waals surface area contributed by atoms with Gasteiger partial charge in [0.2, 0.25) is 5.91 Å². The predicted molar refractivity (Wildman–Crippen MR) is 82.9 cm³/mol. The monoisotopic (exact) mass is 350 g/mol. The van der Waals surface area contributed by atoms with Crippen molar-refractivity contribution in [2.24, 2.45) is 13.0 Å². The van der Waals surface area contributed by atoms with E-state index < -0.39 is 0 Å². The second-order valence-electron chi connectivity index (χ2n) is 5.04. The molecule has 1 N–H and O–H groups in total. The van der Waals surface area contributed by atoms with Gasteiger partial charge in [0.25, 0.3) is 0 Å². The van der Waals surface area contributed by atoms with Gasteiger partial charge in [0, 0.05) is 17.4 Å². The number of fused-ring (bicyclic) bond motifs is 3. The molecule has 0 unspecified atom stereocenters. The van der Waals surface area contributed by atoms with E-state index in [9.17, 15) is 4.79 Å². The average molecular weight is 351 g/mol. The number of benzene rings is 1. The summed E-state index contributed by atoms with van der Waals surface area (Å²) in [4.78, 5) is 20.7. The van der Waals surface area contributed by atoms with Crippen molar-refractivity contribution in [2.75, 3.05) is 5.32 Å². The molecule has 20 heavy (non-hydrogen) atoms. The number of aryl methyl sites for hydroxylation is 1. The zero-order valence-corrected chi connectivity index (χ0v) is 13.1. The Balaban J connectivity index is 1.87. The number of thiazole rings is 1. The van der Waals surface area contributed by atoms with Crippen LogP contribution in [0.2, 0.25) is 0 Å². The second kappa shape index (κ2) is 4.26. The maximum absolute atomic E-state index is 11.8. The first kappa shape index (κ1) is 12.3. The van der Waals surface area contributed by atoms with Crippen LogP contribution in [0.15, 0.2) is 16.9 Å². The summed E-state index contributed by atoms with van der Waals surface area (Å²) in [6, 6.07) is 1.95. The van der Waals surface area contributed by atoms with Crippen molar-refractivity contribution in [1.82, 2.24) is 14.5 Å². The number of amides is 1. The number of nitrogens with zero attached hydrogens (tertiary/aromatic N) is 3. The molecule has 2 heterocycles. The molecule has 3 aromatic rings. The zero-order valence-electron chi connectivity index (χ0n) is 10.7. The van der Waals surface area contributed by atoms with E-state index in [-0.39, 0.29) is 11.8 Å². The molecular weight excluding hydrogens is 340 g/mol. The van der Waals surface area contributed by atoms with Gasteiger partial charge >= 0.3 is 0 Å². The minimum Gasteiger partial charge on any atom is -0.332 e. The number of halogens is 1. The van der Waals surface area contributed by atoms with Crippen molar-refractivity contribution in [3.8, 4) is 0 Å². The number of anilines is 1. The normalized spacial score (nSPS) is 15.1. The highest BCUT2D eigenvalue weighted by Gasteiger charge is 2.30. The number of carbonyl (C=O) groups is 1.